The van der Waals surface area contributed by atoms with Crippen LogP contribution in [-0.2, 0) is 6.54 Å². The van der Waals surface area contributed by atoms with Crippen molar-refractivity contribution in [1.29, 1.82) is 0 Å². The molecule has 2 heterocycles. The van der Waals surface area contributed by atoms with Crippen LogP contribution in [0.15, 0.2) is 12.3 Å². The molecule has 0 radical (unpaired) electrons. The molecule has 1 saturated heterocycles. The Labute approximate surface area is 94.5 Å². The van der Waals surface area contributed by atoms with Gasteiger partial charge in [0.25, 0.3) is 0 Å². The molecule has 0 saturated carbocycles. The average molecular weight is 227 g/mol. The van der Waals surface area contributed by atoms with Gasteiger partial charge in [-0.2, -0.15) is 0 Å². The summed E-state index contributed by atoms with van der Waals surface area (Å²) in [7, 11) is 0. The van der Waals surface area contributed by atoms with Crippen molar-refractivity contribution in [3.8, 4) is 0 Å². The molecule has 0 spiro atoms. The highest BCUT2D eigenvalue weighted by molar-refractivity contribution is 6.28. The molecule has 1 aromatic heterocycles. The van der Waals surface area contributed by atoms with Gasteiger partial charge in [0.1, 0.15) is 0 Å². The summed E-state index contributed by atoms with van der Waals surface area (Å²) in [6.45, 7) is 3.79. The maximum absolute atomic E-state index is 5.73. The van der Waals surface area contributed by atoms with Crippen LogP contribution in [0.1, 0.15) is 12.1 Å². The van der Waals surface area contributed by atoms with Crippen molar-refractivity contribution in [1.82, 2.24) is 14.9 Å². The summed E-state index contributed by atoms with van der Waals surface area (Å²) < 4.78 is 0. The molecule has 0 aliphatic carbocycles. The Balaban J connectivity index is 1.92. The molecule has 2 N–H and O–H groups in total. The Kier molecular flexibility index (Phi) is 3.51. The summed E-state index contributed by atoms with van der Waals surface area (Å²) in [4.78, 5) is 10.4. The first kappa shape index (κ1) is 10.8. The van der Waals surface area contributed by atoms with Gasteiger partial charge in [0.15, 0.2) is 0 Å². The number of likely N-dealkylation sites (tertiary alicyclic amines) is 1. The van der Waals surface area contributed by atoms with Crippen LogP contribution in [0.4, 0.5) is 0 Å². The van der Waals surface area contributed by atoms with E-state index in [2.05, 4.69) is 14.9 Å². The molecule has 0 unspecified atom stereocenters. The number of nitrogens with zero attached hydrogens (tertiary/aromatic N) is 3. The van der Waals surface area contributed by atoms with Gasteiger partial charge in [-0.15, -0.1) is 0 Å². The lowest BCUT2D eigenvalue weighted by Gasteiger charge is -2.14. The second kappa shape index (κ2) is 4.88. The van der Waals surface area contributed by atoms with E-state index in [9.17, 15) is 0 Å². The van der Waals surface area contributed by atoms with E-state index >= 15 is 0 Å². The first-order chi connectivity index (χ1) is 7.28. The lowest BCUT2D eigenvalue weighted by Crippen LogP contribution is -2.23. The Bertz CT molecular complexity index is 331. The molecule has 15 heavy (non-hydrogen) atoms. The molecule has 4 nitrogen and oxygen atoms in total. The molecular weight excluding hydrogens is 212 g/mol. The fourth-order valence-corrected chi connectivity index (χ4v) is 2.10. The van der Waals surface area contributed by atoms with Crippen molar-refractivity contribution >= 4 is 11.6 Å². The van der Waals surface area contributed by atoms with Crippen molar-refractivity contribution in [3.05, 3.63) is 23.2 Å². The Morgan fingerprint density at radius 2 is 2.47 bits per heavy atom. The van der Waals surface area contributed by atoms with E-state index in [4.69, 9.17) is 17.3 Å². The predicted octanol–water partition coefficient (Wildman–Crippen LogP) is 0.911. The van der Waals surface area contributed by atoms with Gasteiger partial charge in [-0.1, -0.05) is 0 Å². The summed E-state index contributed by atoms with van der Waals surface area (Å²) in [5.41, 5.74) is 6.62. The Morgan fingerprint density at radius 1 is 1.60 bits per heavy atom. The second-order valence-electron chi connectivity index (χ2n) is 3.94. The van der Waals surface area contributed by atoms with Gasteiger partial charge in [-0.25, -0.2) is 9.97 Å². The third-order valence-corrected chi connectivity index (χ3v) is 2.95. The minimum Gasteiger partial charge on any atom is -0.330 e. The normalized spacial score (nSPS) is 22.1. The molecule has 1 atom stereocenters. The Morgan fingerprint density at radius 3 is 3.13 bits per heavy atom. The zero-order valence-corrected chi connectivity index (χ0v) is 9.32. The highest BCUT2D eigenvalue weighted by atomic mass is 35.5. The van der Waals surface area contributed by atoms with E-state index < -0.39 is 0 Å². The van der Waals surface area contributed by atoms with Crippen molar-refractivity contribution in [3.63, 3.8) is 0 Å². The molecule has 82 valence electrons. The van der Waals surface area contributed by atoms with Gasteiger partial charge in [0, 0.05) is 19.3 Å². The lowest BCUT2D eigenvalue weighted by molar-refractivity contribution is 0.314. The number of rotatable bonds is 3. The number of halogens is 1. The molecule has 1 fully saturated rings. The maximum atomic E-state index is 5.73. The summed E-state index contributed by atoms with van der Waals surface area (Å²) in [5, 5.41) is 0.321. The second-order valence-corrected chi connectivity index (χ2v) is 4.28. The molecule has 1 aliphatic heterocycles. The monoisotopic (exact) mass is 226 g/mol. The highest BCUT2D eigenvalue weighted by Gasteiger charge is 2.21. The molecule has 0 amide bonds. The van der Waals surface area contributed by atoms with Gasteiger partial charge in [0.05, 0.1) is 5.69 Å². The number of nitrogens with two attached hydrogens (primary N) is 1. The summed E-state index contributed by atoms with van der Waals surface area (Å²) >= 11 is 5.73. The predicted molar refractivity (Wildman–Crippen MR) is 59.5 cm³/mol. The van der Waals surface area contributed by atoms with E-state index in [1.165, 1.54) is 6.42 Å². The van der Waals surface area contributed by atoms with Gasteiger partial charge in [-0.05, 0) is 43.1 Å². The van der Waals surface area contributed by atoms with Gasteiger partial charge < -0.3 is 5.73 Å². The van der Waals surface area contributed by atoms with Gasteiger partial charge in [0.2, 0.25) is 5.28 Å². The number of aromatic nitrogens is 2. The molecule has 1 aromatic rings. The summed E-state index contributed by atoms with van der Waals surface area (Å²) in [6.07, 6.45) is 2.89. The van der Waals surface area contributed by atoms with E-state index in [0.717, 1.165) is 31.9 Å². The zero-order valence-electron chi connectivity index (χ0n) is 8.56. The SMILES string of the molecule is NC[C@@H]1CCN(Cc2ccnc(Cl)n2)C1. The fourth-order valence-electron chi connectivity index (χ4n) is 1.94. The smallest absolute Gasteiger partial charge is 0.222 e. The first-order valence-electron chi connectivity index (χ1n) is 5.18. The van der Waals surface area contributed by atoms with E-state index in [-0.39, 0.29) is 0 Å². The molecule has 1 aliphatic rings. The van der Waals surface area contributed by atoms with Gasteiger partial charge in [-0.3, -0.25) is 4.90 Å². The molecule has 2 rings (SSSR count). The largest absolute Gasteiger partial charge is 0.330 e. The van der Waals surface area contributed by atoms with Crippen molar-refractivity contribution in [2.75, 3.05) is 19.6 Å². The van der Waals surface area contributed by atoms with Crippen molar-refractivity contribution < 1.29 is 0 Å². The number of hydrogen-bond acceptors (Lipinski definition) is 4. The third kappa shape index (κ3) is 2.87. The van der Waals surface area contributed by atoms with Crippen LogP contribution >= 0.6 is 11.6 Å². The third-order valence-electron chi connectivity index (χ3n) is 2.77. The minimum absolute atomic E-state index is 0.321. The van der Waals surface area contributed by atoms with Gasteiger partial charge >= 0.3 is 0 Å². The molecule has 0 aromatic carbocycles. The van der Waals surface area contributed by atoms with Crippen LogP contribution < -0.4 is 5.73 Å². The van der Waals surface area contributed by atoms with E-state index in [1.54, 1.807) is 6.20 Å². The van der Waals surface area contributed by atoms with Crippen LogP contribution in [0, 0.1) is 5.92 Å². The van der Waals surface area contributed by atoms with Crippen LogP contribution in [-0.4, -0.2) is 34.5 Å². The van der Waals surface area contributed by atoms with Crippen molar-refractivity contribution in [2.45, 2.75) is 13.0 Å². The van der Waals surface area contributed by atoms with Crippen LogP contribution in [0.3, 0.4) is 0 Å². The van der Waals surface area contributed by atoms with Crippen LogP contribution in [0.5, 0.6) is 0 Å². The summed E-state index contributed by atoms with van der Waals surface area (Å²) in [5.74, 6) is 0.641. The lowest BCUT2D eigenvalue weighted by atomic mass is 10.1. The topological polar surface area (TPSA) is 55.0 Å². The standard InChI is InChI=1S/C10H15ClN4/c11-10-13-3-1-9(14-10)7-15-4-2-8(5-12)6-15/h1,3,8H,2,4-7,12H2/t8-/m0/s1. The first-order valence-corrected chi connectivity index (χ1v) is 5.55. The highest BCUT2D eigenvalue weighted by Crippen LogP contribution is 2.16. The molecule has 0 bridgehead atoms. The maximum Gasteiger partial charge on any atom is 0.222 e. The van der Waals surface area contributed by atoms with E-state index in [0.29, 0.717) is 11.2 Å². The van der Waals surface area contributed by atoms with E-state index in [1.807, 2.05) is 6.07 Å². The minimum atomic E-state index is 0.321. The Hall–Kier alpha value is -0.710. The van der Waals surface area contributed by atoms with Crippen molar-refractivity contribution in [2.24, 2.45) is 11.7 Å². The zero-order chi connectivity index (χ0) is 10.7. The van der Waals surface area contributed by atoms with Crippen LogP contribution in [0.2, 0.25) is 5.28 Å². The summed E-state index contributed by atoms with van der Waals surface area (Å²) in [6, 6.07) is 1.90. The fraction of sp³-hybridized carbons (Fsp3) is 0.600. The van der Waals surface area contributed by atoms with Crippen LogP contribution in [0.25, 0.3) is 0 Å². The molecule has 5 heteroatoms. The quantitative estimate of drug-likeness (QED) is 0.779. The average Bonchev–Trinajstić information content (AvgIpc) is 2.65. The number of hydrogen-bond donors (Lipinski definition) is 1. The molecular formula is C10H15ClN4.